The molecule has 0 aliphatic carbocycles. The van der Waals surface area contributed by atoms with Crippen LogP contribution in [0.15, 0.2) is 24.3 Å². The van der Waals surface area contributed by atoms with Crippen LogP contribution < -0.4 is 10.2 Å². The summed E-state index contributed by atoms with van der Waals surface area (Å²) in [6, 6.07) is 8.89. The maximum Gasteiger partial charge on any atom is 0.0578 e. The van der Waals surface area contributed by atoms with Gasteiger partial charge in [-0.25, -0.2) is 0 Å². The Labute approximate surface area is 98.7 Å². The van der Waals surface area contributed by atoms with Crippen molar-refractivity contribution in [3.63, 3.8) is 0 Å². The first-order chi connectivity index (χ1) is 7.69. The summed E-state index contributed by atoms with van der Waals surface area (Å²) < 4.78 is 0. The molecule has 0 aliphatic rings. The first kappa shape index (κ1) is 12.6. The molecule has 16 heavy (non-hydrogen) atoms. The normalized spacial score (nSPS) is 11.9. The monoisotopic (exact) mass is 216 g/mol. The van der Waals surface area contributed by atoms with Gasteiger partial charge in [-0.05, 0) is 31.5 Å². The van der Waals surface area contributed by atoms with Crippen molar-refractivity contribution >= 4 is 5.69 Å². The van der Waals surface area contributed by atoms with Crippen molar-refractivity contribution in [3.8, 4) is 12.3 Å². The van der Waals surface area contributed by atoms with Crippen molar-refractivity contribution in [2.45, 2.75) is 19.9 Å². The third-order valence-electron chi connectivity index (χ3n) is 2.82. The predicted octanol–water partition coefficient (Wildman–Crippen LogP) is 2.43. The topological polar surface area (TPSA) is 15.3 Å². The van der Waals surface area contributed by atoms with Crippen LogP contribution in [-0.4, -0.2) is 20.1 Å². The minimum atomic E-state index is 0.303. The second kappa shape index (κ2) is 6.19. The summed E-state index contributed by atoms with van der Waals surface area (Å²) in [7, 11) is 2.09. The molecule has 1 unspecified atom stereocenters. The van der Waals surface area contributed by atoms with E-state index >= 15 is 0 Å². The van der Waals surface area contributed by atoms with E-state index in [9.17, 15) is 0 Å². The largest absolute Gasteiger partial charge is 0.375 e. The Morgan fingerprint density at radius 3 is 2.50 bits per heavy atom. The summed E-state index contributed by atoms with van der Waals surface area (Å²) in [5.74, 6) is 2.59. The van der Waals surface area contributed by atoms with Gasteiger partial charge in [-0.3, -0.25) is 5.32 Å². The highest BCUT2D eigenvalue weighted by Gasteiger charge is 2.04. The number of anilines is 1. The molecule has 1 atom stereocenters. The Bertz CT molecular complexity index is 348. The Morgan fingerprint density at radius 2 is 2.00 bits per heavy atom. The first-order valence-electron chi connectivity index (χ1n) is 5.67. The summed E-state index contributed by atoms with van der Waals surface area (Å²) in [6.45, 7) is 5.89. The second-order valence-electron chi connectivity index (χ2n) is 3.91. The van der Waals surface area contributed by atoms with Crippen LogP contribution in [0.4, 0.5) is 5.69 Å². The zero-order valence-corrected chi connectivity index (χ0v) is 10.3. The molecular formula is C14H20N2. The van der Waals surface area contributed by atoms with Crippen molar-refractivity contribution in [2.24, 2.45) is 0 Å². The van der Waals surface area contributed by atoms with Crippen LogP contribution in [0.1, 0.15) is 25.5 Å². The molecule has 0 radical (unpaired) electrons. The number of nitrogens with zero attached hydrogens (tertiary/aromatic N) is 1. The zero-order chi connectivity index (χ0) is 12.0. The Hall–Kier alpha value is -1.46. The average molecular weight is 216 g/mol. The van der Waals surface area contributed by atoms with E-state index in [1.165, 1.54) is 11.3 Å². The van der Waals surface area contributed by atoms with Gasteiger partial charge in [0.2, 0.25) is 0 Å². The van der Waals surface area contributed by atoms with E-state index in [1.807, 2.05) is 0 Å². The first-order valence-corrected chi connectivity index (χ1v) is 5.67. The molecule has 1 aromatic rings. The summed E-state index contributed by atoms with van der Waals surface area (Å²) >= 11 is 0. The summed E-state index contributed by atoms with van der Waals surface area (Å²) in [6.07, 6.45) is 5.22. The Kier molecular flexibility index (Phi) is 4.88. The molecule has 1 rings (SSSR count). The van der Waals surface area contributed by atoms with Crippen LogP contribution in [-0.2, 0) is 0 Å². The molecule has 86 valence electrons. The average Bonchev–Trinajstić information content (AvgIpc) is 2.35. The van der Waals surface area contributed by atoms with Gasteiger partial charge in [-0.1, -0.05) is 18.1 Å². The molecule has 1 N–H and O–H groups in total. The summed E-state index contributed by atoms with van der Waals surface area (Å²) in [5, 5.41) is 3.26. The quantitative estimate of drug-likeness (QED) is 0.760. The molecule has 0 heterocycles. The fraction of sp³-hybridized carbons (Fsp3) is 0.429. The third-order valence-corrected chi connectivity index (χ3v) is 2.82. The number of terminal acetylenes is 1. The van der Waals surface area contributed by atoms with Crippen molar-refractivity contribution in [1.29, 1.82) is 0 Å². The highest BCUT2D eigenvalue weighted by atomic mass is 15.1. The minimum Gasteiger partial charge on any atom is -0.375 e. The van der Waals surface area contributed by atoms with Gasteiger partial charge < -0.3 is 4.90 Å². The van der Waals surface area contributed by atoms with Crippen LogP contribution in [0.25, 0.3) is 0 Å². The molecule has 0 spiro atoms. The minimum absolute atomic E-state index is 0.303. The number of hydrogen-bond donors (Lipinski definition) is 1. The standard InChI is InChI=1S/C14H20N2/c1-5-11-15-12(3)13-7-9-14(10-8-13)16(4)6-2/h1,7-10,12,15H,6,11H2,2-4H3. The summed E-state index contributed by atoms with van der Waals surface area (Å²) in [5.41, 5.74) is 2.51. The molecular weight excluding hydrogens is 196 g/mol. The maximum absolute atomic E-state index is 5.22. The van der Waals surface area contributed by atoms with Crippen molar-refractivity contribution < 1.29 is 0 Å². The van der Waals surface area contributed by atoms with Gasteiger partial charge in [-0.15, -0.1) is 6.42 Å². The molecule has 0 fully saturated rings. The lowest BCUT2D eigenvalue weighted by Gasteiger charge is -2.18. The van der Waals surface area contributed by atoms with E-state index < -0.39 is 0 Å². The van der Waals surface area contributed by atoms with Crippen molar-refractivity contribution in [2.75, 3.05) is 25.0 Å². The molecule has 0 aromatic heterocycles. The fourth-order valence-electron chi connectivity index (χ4n) is 1.53. The fourth-order valence-corrected chi connectivity index (χ4v) is 1.53. The highest BCUT2D eigenvalue weighted by molar-refractivity contribution is 5.47. The molecule has 0 amide bonds. The summed E-state index contributed by atoms with van der Waals surface area (Å²) in [4.78, 5) is 2.21. The highest BCUT2D eigenvalue weighted by Crippen LogP contribution is 2.17. The Morgan fingerprint density at radius 1 is 1.38 bits per heavy atom. The molecule has 0 saturated heterocycles. The molecule has 2 heteroatoms. The number of hydrogen-bond acceptors (Lipinski definition) is 2. The van der Waals surface area contributed by atoms with Gasteiger partial charge in [0.25, 0.3) is 0 Å². The molecule has 2 nitrogen and oxygen atoms in total. The van der Waals surface area contributed by atoms with Crippen LogP contribution in [0.3, 0.4) is 0 Å². The number of benzene rings is 1. The third kappa shape index (κ3) is 3.29. The van der Waals surface area contributed by atoms with Gasteiger partial charge in [0.15, 0.2) is 0 Å². The van der Waals surface area contributed by atoms with E-state index in [1.54, 1.807) is 0 Å². The van der Waals surface area contributed by atoms with Crippen molar-refractivity contribution in [3.05, 3.63) is 29.8 Å². The lowest BCUT2D eigenvalue weighted by molar-refractivity contribution is 0.623. The molecule has 0 bridgehead atoms. The van der Waals surface area contributed by atoms with E-state index in [2.05, 4.69) is 61.3 Å². The number of rotatable bonds is 5. The SMILES string of the molecule is C#CCNC(C)c1ccc(N(C)CC)cc1. The van der Waals surface area contributed by atoms with Gasteiger partial charge in [0.05, 0.1) is 6.54 Å². The van der Waals surface area contributed by atoms with Gasteiger partial charge in [0.1, 0.15) is 0 Å². The van der Waals surface area contributed by atoms with Crippen LogP contribution in [0.2, 0.25) is 0 Å². The molecule has 0 aliphatic heterocycles. The van der Waals surface area contributed by atoms with Crippen molar-refractivity contribution in [1.82, 2.24) is 5.32 Å². The van der Waals surface area contributed by atoms with Crippen LogP contribution in [0, 0.1) is 12.3 Å². The smallest absolute Gasteiger partial charge is 0.0578 e. The second-order valence-corrected chi connectivity index (χ2v) is 3.91. The van der Waals surface area contributed by atoms with Gasteiger partial charge in [-0.2, -0.15) is 0 Å². The van der Waals surface area contributed by atoms with E-state index in [4.69, 9.17) is 6.42 Å². The van der Waals surface area contributed by atoms with Gasteiger partial charge in [0, 0.05) is 25.3 Å². The Balaban J connectivity index is 2.67. The van der Waals surface area contributed by atoms with E-state index in [-0.39, 0.29) is 0 Å². The molecule has 1 aromatic carbocycles. The van der Waals surface area contributed by atoms with Gasteiger partial charge >= 0.3 is 0 Å². The maximum atomic E-state index is 5.22. The zero-order valence-electron chi connectivity index (χ0n) is 10.3. The lowest BCUT2D eigenvalue weighted by atomic mass is 10.1. The van der Waals surface area contributed by atoms with Crippen LogP contribution >= 0.6 is 0 Å². The molecule has 0 saturated carbocycles. The van der Waals surface area contributed by atoms with E-state index in [0.717, 1.165) is 6.54 Å². The lowest BCUT2D eigenvalue weighted by Crippen LogP contribution is -2.19. The van der Waals surface area contributed by atoms with Crippen LogP contribution in [0.5, 0.6) is 0 Å². The predicted molar refractivity (Wildman–Crippen MR) is 70.6 cm³/mol. The van der Waals surface area contributed by atoms with E-state index in [0.29, 0.717) is 12.6 Å². The number of nitrogens with one attached hydrogen (secondary N) is 1.